The van der Waals surface area contributed by atoms with Crippen LogP contribution in [0.2, 0.25) is 0 Å². The number of fused-ring (bicyclic) bond motifs is 4. The molecule has 0 radical (unpaired) electrons. The monoisotopic (exact) mass is 791 g/mol. The maximum atomic E-state index is 15.3. The molecule has 10 nitrogen and oxygen atoms in total. The highest BCUT2D eigenvalue weighted by Gasteiger charge is 2.77. The van der Waals surface area contributed by atoms with Crippen LogP contribution in [0.25, 0.3) is 0 Å². The van der Waals surface area contributed by atoms with Gasteiger partial charge in [0.15, 0.2) is 44.5 Å². The number of morpholine rings is 1. The van der Waals surface area contributed by atoms with Gasteiger partial charge in [0.1, 0.15) is 5.69 Å². The zero-order valence-corrected chi connectivity index (χ0v) is 29.6. The van der Waals surface area contributed by atoms with Gasteiger partial charge in [-0.3, -0.25) is 24.1 Å². The Kier molecular flexibility index (Phi) is 8.51. The van der Waals surface area contributed by atoms with Crippen LogP contribution in [0, 0.1) is 46.8 Å². The molecule has 4 fully saturated rings. The summed E-state index contributed by atoms with van der Waals surface area (Å²) in [6.45, 7) is 2.39. The minimum atomic E-state index is -2.70. The summed E-state index contributed by atoms with van der Waals surface area (Å²) in [6.07, 6.45) is 0.919. The van der Waals surface area contributed by atoms with Crippen molar-refractivity contribution in [2.45, 2.75) is 28.5 Å². The molecule has 0 spiro atoms. The number of aromatic hydroxyl groups is 1. The van der Waals surface area contributed by atoms with Gasteiger partial charge in [-0.2, -0.15) is 0 Å². The van der Waals surface area contributed by atoms with E-state index in [1.807, 2.05) is 0 Å². The summed E-state index contributed by atoms with van der Waals surface area (Å²) in [7, 11) is 1.23. The lowest BCUT2D eigenvalue weighted by molar-refractivity contribution is -0.125. The number of hydrogen-bond donors (Lipinski definition) is 1. The molecule has 1 saturated carbocycles. The number of carbonyl (C=O) groups is 4. The average Bonchev–Trinajstić information content (AvgIpc) is 3.51. The number of benzene rings is 3. The van der Waals surface area contributed by atoms with Crippen molar-refractivity contribution in [2.24, 2.45) is 17.8 Å². The minimum Gasteiger partial charge on any atom is -0.504 e. The van der Waals surface area contributed by atoms with E-state index in [1.54, 1.807) is 30.3 Å². The number of carbonyl (C=O) groups excluding carboxylic acids is 4. The predicted octanol–water partition coefficient (Wildman–Crippen LogP) is 5.70. The first-order valence-corrected chi connectivity index (χ1v) is 17.6. The van der Waals surface area contributed by atoms with Crippen LogP contribution in [0.3, 0.4) is 0 Å². The van der Waals surface area contributed by atoms with Gasteiger partial charge in [-0.25, -0.2) is 26.9 Å². The second kappa shape index (κ2) is 12.7. The highest BCUT2D eigenvalue weighted by Crippen LogP contribution is 2.66. The molecule has 17 heteroatoms. The highest BCUT2D eigenvalue weighted by molar-refractivity contribution is 6.58. The van der Waals surface area contributed by atoms with Gasteiger partial charge >= 0.3 is 0 Å². The first-order valence-electron chi connectivity index (χ1n) is 16.8. The summed E-state index contributed by atoms with van der Waals surface area (Å²) >= 11 is 14.3. The number of rotatable bonds is 5. The molecule has 8 rings (SSSR count). The first kappa shape index (κ1) is 36.3. The van der Waals surface area contributed by atoms with E-state index in [9.17, 15) is 37.5 Å². The molecule has 54 heavy (non-hydrogen) atoms. The van der Waals surface area contributed by atoms with Crippen LogP contribution in [0.4, 0.5) is 39.0 Å². The number of phenolic OH excluding ortho intramolecular Hbond substituents is 1. The number of amides is 4. The third-order valence-electron chi connectivity index (χ3n) is 11.2. The Balaban J connectivity index is 1.25. The van der Waals surface area contributed by atoms with Crippen molar-refractivity contribution in [2.75, 3.05) is 48.1 Å². The Morgan fingerprint density at radius 1 is 0.796 bits per heavy atom. The number of methoxy groups -OCH3 is 1. The van der Waals surface area contributed by atoms with Crippen LogP contribution in [0.5, 0.6) is 11.5 Å². The van der Waals surface area contributed by atoms with Gasteiger partial charge in [-0.1, -0.05) is 17.7 Å². The Hall–Kier alpha value is -4.73. The van der Waals surface area contributed by atoms with E-state index in [1.165, 1.54) is 25.3 Å². The van der Waals surface area contributed by atoms with Crippen molar-refractivity contribution in [1.82, 2.24) is 0 Å². The molecule has 2 aliphatic carbocycles. The third kappa shape index (κ3) is 4.80. The molecule has 6 unspecified atom stereocenters. The number of allylic oxidation sites excluding steroid dienone is 2. The molecule has 3 aromatic rings. The summed E-state index contributed by atoms with van der Waals surface area (Å²) in [5, 5.41) is 10.4. The van der Waals surface area contributed by atoms with Gasteiger partial charge in [-0.15, -0.1) is 23.2 Å². The van der Waals surface area contributed by atoms with Crippen molar-refractivity contribution in [1.29, 1.82) is 0 Å². The molecular weight excluding hydrogens is 764 g/mol. The molecule has 3 heterocycles. The van der Waals surface area contributed by atoms with Gasteiger partial charge in [0.2, 0.25) is 17.6 Å². The zero-order chi connectivity index (χ0) is 38.6. The van der Waals surface area contributed by atoms with Gasteiger partial charge in [0.25, 0.3) is 11.8 Å². The summed E-state index contributed by atoms with van der Waals surface area (Å²) in [4.78, 5) is 54.8. The van der Waals surface area contributed by atoms with Crippen molar-refractivity contribution < 1.29 is 55.7 Å². The lowest BCUT2D eigenvalue weighted by atomic mass is 9.56. The van der Waals surface area contributed by atoms with E-state index in [4.69, 9.17) is 32.7 Å². The second-order valence-corrected chi connectivity index (χ2v) is 15.0. The van der Waals surface area contributed by atoms with E-state index in [0.717, 1.165) is 10.6 Å². The quantitative estimate of drug-likeness (QED) is 0.0875. The fourth-order valence-corrected chi connectivity index (χ4v) is 9.64. The number of alkyl halides is 2. The molecule has 0 bridgehead atoms. The van der Waals surface area contributed by atoms with Gasteiger partial charge < -0.3 is 19.5 Å². The summed E-state index contributed by atoms with van der Waals surface area (Å²) in [5.41, 5.74) is -0.377. The standard InChI is InChI=1S/C37H28Cl2F5N3O7/c1-53-23-14-16(2-9-22(23)48)25-19-7-8-20-24(33(50)46(32(20)49)18-5-3-17(4-6-18)45-10-12-54-13-11-45)21(19)15-36(38)34(51)47(35(52)37(25,36)39)31-29(43)27(41)26(40)28(42)30(31)44/h2-7,9,14,20-21,24-25,48H,8,10-13,15H2,1H3. The van der Waals surface area contributed by atoms with Crippen LogP contribution in [-0.2, 0) is 23.9 Å². The van der Waals surface area contributed by atoms with Crippen LogP contribution < -0.4 is 19.4 Å². The Labute approximate surface area is 313 Å². The number of hydrogen-bond acceptors (Lipinski definition) is 8. The van der Waals surface area contributed by atoms with Crippen LogP contribution >= 0.6 is 23.2 Å². The van der Waals surface area contributed by atoms with Crippen molar-refractivity contribution in [3.63, 3.8) is 0 Å². The molecule has 4 amide bonds. The highest BCUT2D eigenvalue weighted by atomic mass is 35.5. The predicted molar refractivity (Wildman–Crippen MR) is 183 cm³/mol. The van der Waals surface area contributed by atoms with Gasteiger partial charge in [0, 0.05) is 24.7 Å². The minimum absolute atomic E-state index is 0.0269. The number of nitrogens with zero attached hydrogens (tertiary/aromatic N) is 3. The maximum absolute atomic E-state index is 15.3. The molecule has 3 aromatic carbocycles. The molecule has 0 aromatic heterocycles. The molecule has 5 aliphatic rings. The Morgan fingerprint density at radius 3 is 2.04 bits per heavy atom. The zero-order valence-electron chi connectivity index (χ0n) is 28.1. The van der Waals surface area contributed by atoms with E-state index in [0.29, 0.717) is 26.3 Å². The summed E-state index contributed by atoms with van der Waals surface area (Å²) in [6, 6.07) is 10.6. The van der Waals surface area contributed by atoms with E-state index in [2.05, 4.69) is 4.90 Å². The number of ether oxygens (including phenoxy) is 2. The van der Waals surface area contributed by atoms with Crippen molar-refractivity contribution in [3.8, 4) is 11.5 Å². The molecule has 6 atom stereocenters. The van der Waals surface area contributed by atoms with Gasteiger partial charge in [-0.05, 0) is 60.7 Å². The topological polar surface area (TPSA) is 117 Å². The third-order valence-corrected chi connectivity index (χ3v) is 12.7. The molecular formula is C37H28Cl2F5N3O7. The normalized spacial score (nSPS) is 29.3. The molecule has 282 valence electrons. The summed E-state index contributed by atoms with van der Waals surface area (Å²) < 4.78 is 84.3. The number of anilines is 3. The fourth-order valence-electron chi connectivity index (χ4n) is 8.70. The van der Waals surface area contributed by atoms with Crippen molar-refractivity contribution >= 4 is 63.9 Å². The van der Waals surface area contributed by atoms with Gasteiger partial charge in [0.05, 0.1) is 37.8 Å². The molecule has 3 aliphatic heterocycles. The lowest BCUT2D eigenvalue weighted by Crippen LogP contribution is -2.60. The fraction of sp³-hybridized carbons (Fsp3) is 0.351. The Bertz CT molecular complexity index is 2170. The van der Waals surface area contributed by atoms with E-state index in [-0.39, 0.29) is 39.6 Å². The number of imide groups is 2. The van der Waals surface area contributed by atoms with Crippen LogP contribution in [-0.4, -0.2) is 71.9 Å². The van der Waals surface area contributed by atoms with Crippen LogP contribution in [0.1, 0.15) is 24.3 Å². The van der Waals surface area contributed by atoms with Crippen LogP contribution in [0.15, 0.2) is 54.1 Å². The second-order valence-electron chi connectivity index (χ2n) is 13.8. The largest absolute Gasteiger partial charge is 0.504 e. The van der Waals surface area contributed by atoms with Crippen molar-refractivity contribution in [3.05, 3.63) is 88.8 Å². The molecule has 3 saturated heterocycles. The van der Waals surface area contributed by atoms with E-state index < -0.39 is 98.2 Å². The summed E-state index contributed by atoms with van der Waals surface area (Å²) in [5.74, 6) is -21.9. The molecule has 1 N–H and O–H groups in total. The average molecular weight is 793 g/mol. The van der Waals surface area contributed by atoms with E-state index >= 15 is 8.78 Å². The smallest absolute Gasteiger partial charge is 0.258 e. The Morgan fingerprint density at radius 2 is 1.41 bits per heavy atom. The first-order chi connectivity index (χ1) is 25.7. The maximum Gasteiger partial charge on any atom is 0.258 e. The number of phenols is 1. The number of halogens is 7. The lowest BCUT2D eigenvalue weighted by Gasteiger charge is -2.50. The SMILES string of the molecule is COc1cc(C2C3=CCC4C(=O)N(c5ccc(N6CCOCC6)cc5)C(=O)C4C3CC3(Cl)C(=O)N(c4c(F)c(F)c(F)c(F)c4F)C(=O)C23Cl)ccc1O.